The van der Waals surface area contributed by atoms with Gasteiger partial charge in [-0.1, -0.05) is 43.6 Å². The van der Waals surface area contributed by atoms with Crippen LogP contribution >= 0.6 is 11.6 Å². The lowest BCUT2D eigenvalue weighted by atomic mass is 10.1. The zero-order valence-electron chi connectivity index (χ0n) is 14.1. The van der Waals surface area contributed by atoms with Gasteiger partial charge in [-0.25, -0.2) is 8.42 Å². The summed E-state index contributed by atoms with van der Waals surface area (Å²) >= 11 is 6.00. The van der Waals surface area contributed by atoms with Crippen LogP contribution in [-0.2, 0) is 10.0 Å². The second-order valence-corrected chi connectivity index (χ2v) is 7.69. The lowest BCUT2D eigenvalue weighted by Crippen LogP contribution is -2.33. The normalized spacial score (nSPS) is 11.4. The first kappa shape index (κ1) is 19.3. The zero-order chi connectivity index (χ0) is 18.4. The summed E-state index contributed by atoms with van der Waals surface area (Å²) in [5, 5.41) is 3.19. The molecule has 0 aliphatic carbocycles. The van der Waals surface area contributed by atoms with Gasteiger partial charge in [0.15, 0.2) is 0 Å². The number of para-hydroxylation sites is 1. The highest BCUT2D eigenvalue weighted by Crippen LogP contribution is 2.24. The summed E-state index contributed by atoms with van der Waals surface area (Å²) < 4.78 is 27.6. The van der Waals surface area contributed by atoms with Crippen LogP contribution in [0.25, 0.3) is 0 Å². The van der Waals surface area contributed by atoms with Crippen LogP contribution in [0.2, 0.25) is 5.02 Å². The van der Waals surface area contributed by atoms with Crippen molar-refractivity contribution >= 4 is 33.2 Å². The van der Waals surface area contributed by atoms with E-state index in [0.717, 1.165) is 12.8 Å². The minimum absolute atomic E-state index is 0.00427. The molecule has 2 N–H and O–H groups in total. The van der Waals surface area contributed by atoms with Crippen molar-refractivity contribution in [2.75, 3.05) is 4.72 Å². The average Bonchev–Trinajstić information content (AvgIpc) is 2.61. The highest BCUT2D eigenvalue weighted by Gasteiger charge is 2.18. The van der Waals surface area contributed by atoms with Crippen LogP contribution in [0.15, 0.2) is 53.4 Å². The fourth-order valence-corrected chi connectivity index (χ4v) is 3.68. The van der Waals surface area contributed by atoms with Gasteiger partial charge in [-0.05, 0) is 43.2 Å². The summed E-state index contributed by atoms with van der Waals surface area (Å²) in [4.78, 5) is 12.3. The average molecular weight is 381 g/mol. The van der Waals surface area contributed by atoms with E-state index >= 15 is 0 Å². The number of sulfonamides is 1. The highest BCUT2D eigenvalue weighted by molar-refractivity contribution is 7.92. The zero-order valence-corrected chi connectivity index (χ0v) is 15.7. The Kier molecular flexibility index (Phi) is 6.45. The van der Waals surface area contributed by atoms with E-state index < -0.39 is 10.0 Å². The fourth-order valence-electron chi connectivity index (χ4n) is 2.31. The molecule has 0 unspecified atom stereocenters. The fraction of sp³-hybridized carbons (Fsp3) is 0.278. The third-order valence-electron chi connectivity index (χ3n) is 3.85. The quantitative estimate of drug-likeness (QED) is 0.760. The standard InChI is InChI=1S/C18H21ClN2O3S/c1-3-14(4-2)20-18(22)13-8-7-9-15(12-13)25(23,24)21-17-11-6-5-10-16(17)19/h5-12,14,21H,3-4H2,1-2H3,(H,20,22). The molecule has 7 heteroatoms. The van der Waals surface area contributed by atoms with Gasteiger partial charge in [0.25, 0.3) is 15.9 Å². The molecule has 0 atom stereocenters. The monoisotopic (exact) mass is 380 g/mol. The lowest BCUT2D eigenvalue weighted by molar-refractivity contribution is 0.0934. The van der Waals surface area contributed by atoms with Crippen LogP contribution in [0, 0.1) is 0 Å². The minimum Gasteiger partial charge on any atom is -0.349 e. The number of halogens is 1. The molecule has 2 aromatic carbocycles. The molecule has 0 radical (unpaired) electrons. The number of amides is 1. The predicted octanol–water partition coefficient (Wildman–Crippen LogP) is 4.06. The van der Waals surface area contributed by atoms with Gasteiger partial charge < -0.3 is 5.32 Å². The van der Waals surface area contributed by atoms with Crippen LogP contribution in [0.4, 0.5) is 5.69 Å². The Bertz CT molecular complexity index is 849. The Balaban J connectivity index is 2.25. The summed E-state index contributed by atoms with van der Waals surface area (Å²) in [6.07, 6.45) is 1.63. The number of hydrogen-bond acceptors (Lipinski definition) is 3. The first-order valence-electron chi connectivity index (χ1n) is 8.05. The second-order valence-electron chi connectivity index (χ2n) is 5.60. The summed E-state index contributed by atoms with van der Waals surface area (Å²) in [7, 11) is -3.85. The van der Waals surface area contributed by atoms with Crippen molar-refractivity contribution in [3.63, 3.8) is 0 Å². The van der Waals surface area contributed by atoms with Crippen LogP contribution in [0.5, 0.6) is 0 Å². The van der Waals surface area contributed by atoms with E-state index in [4.69, 9.17) is 11.6 Å². The Morgan fingerprint density at radius 3 is 2.40 bits per heavy atom. The summed E-state index contributed by atoms with van der Waals surface area (Å²) in [6, 6.07) is 12.6. The topological polar surface area (TPSA) is 75.3 Å². The molecule has 0 heterocycles. The molecule has 25 heavy (non-hydrogen) atoms. The van der Waals surface area contributed by atoms with Crippen molar-refractivity contribution in [2.45, 2.75) is 37.6 Å². The third-order valence-corrected chi connectivity index (χ3v) is 5.54. The molecule has 2 rings (SSSR count). The number of hydrogen-bond donors (Lipinski definition) is 2. The molecule has 0 saturated carbocycles. The Hall–Kier alpha value is -2.05. The van der Waals surface area contributed by atoms with Gasteiger partial charge >= 0.3 is 0 Å². The summed E-state index contributed by atoms with van der Waals surface area (Å²) in [5.41, 5.74) is 0.588. The molecule has 0 spiro atoms. The Labute approximate surface area is 153 Å². The van der Waals surface area contributed by atoms with E-state index in [1.54, 1.807) is 36.4 Å². The molecule has 0 aliphatic rings. The summed E-state index contributed by atoms with van der Waals surface area (Å²) in [6.45, 7) is 3.98. The second kappa shape index (κ2) is 8.36. The van der Waals surface area contributed by atoms with E-state index in [1.807, 2.05) is 13.8 Å². The largest absolute Gasteiger partial charge is 0.349 e. The van der Waals surface area contributed by atoms with Crippen LogP contribution < -0.4 is 10.0 Å². The van der Waals surface area contributed by atoms with Crippen molar-refractivity contribution < 1.29 is 13.2 Å². The minimum atomic E-state index is -3.85. The van der Waals surface area contributed by atoms with Crippen molar-refractivity contribution in [3.05, 3.63) is 59.1 Å². The van der Waals surface area contributed by atoms with Gasteiger partial charge in [0.2, 0.25) is 0 Å². The van der Waals surface area contributed by atoms with E-state index in [1.165, 1.54) is 12.1 Å². The molecule has 134 valence electrons. The number of anilines is 1. The molecule has 0 fully saturated rings. The van der Waals surface area contributed by atoms with Gasteiger partial charge in [0.05, 0.1) is 15.6 Å². The van der Waals surface area contributed by atoms with Gasteiger partial charge in [-0.3, -0.25) is 9.52 Å². The Morgan fingerprint density at radius 1 is 1.08 bits per heavy atom. The van der Waals surface area contributed by atoms with Gasteiger partial charge in [0.1, 0.15) is 0 Å². The maximum atomic E-state index is 12.6. The van der Waals surface area contributed by atoms with Crippen molar-refractivity contribution in [3.8, 4) is 0 Å². The van der Waals surface area contributed by atoms with Crippen molar-refractivity contribution in [2.24, 2.45) is 0 Å². The van der Waals surface area contributed by atoms with E-state index in [0.29, 0.717) is 10.6 Å². The maximum absolute atomic E-state index is 12.6. The van der Waals surface area contributed by atoms with Crippen molar-refractivity contribution in [1.29, 1.82) is 0 Å². The van der Waals surface area contributed by atoms with Crippen LogP contribution in [0.3, 0.4) is 0 Å². The van der Waals surface area contributed by atoms with Crippen LogP contribution in [-0.4, -0.2) is 20.4 Å². The number of carbonyl (C=O) groups excluding carboxylic acids is 1. The molecule has 0 bridgehead atoms. The van der Waals surface area contributed by atoms with Gasteiger partial charge in [-0.15, -0.1) is 0 Å². The molecular weight excluding hydrogens is 360 g/mol. The predicted molar refractivity (Wildman–Crippen MR) is 101 cm³/mol. The molecule has 2 aromatic rings. The number of nitrogens with one attached hydrogen (secondary N) is 2. The van der Waals surface area contributed by atoms with E-state index in [-0.39, 0.29) is 22.5 Å². The first-order chi connectivity index (χ1) is 11.9. The highest BCUT2D eigenvalue weighted by atomic mass is 35.5. The summed E-state index contributed by atoms with van der Waals surface area (Å²) in [5.74, 6) is -0.288. The van der Waals surface area contributed by atoms with E-state index in [2.05, 4.69) is 10.0 Å². The molecular formula is C18H21ClN2O3S. The van der Waals surface area contributed by atoms with Gasteiger partial charge in [-0.2, -0.15) is 0 Å². The molecule has 1 amide bonds. The van der Waals surface area contributed by atoms with Crippen molar-refractivity contribution in [1.82, 2.24) is 5.32 Å². The number of benzene rings is 2. The number of carbonyl (C=O) groups is 1. The van der Waals surface area contributed by atoms with Crippen LogP contribution in [0.1, 0.15) is 37.0 Å². The Morgan fingerprint density at radius 2 is 1.76 bits per heavy atom. The molecule has 0 aromatic heterocycles. The maximum Gasteiger partial charge on any atom is 0.261 e. The molecule has 0 saturated heterocycles. The first-order valence-corrected chi connectivity index (χ1v) is 9.91. The van der Waals surface area contributed by atoms with Gasteiger partial charge in [0, 0.05) is 11.6 Å². The SMILES string of the molecule is CCC(CC)NC(=O)c1cccc(S(=O)(=O)Nc2ccccc2Cl)c1. The molecule has 5 nitrogen and oxygen atoms in total. The van der Waals surface area contributed by atoms with E-state index in [9.17, 15) is 13.2 Å². The smallest absolute Gasteiger partial charge is 0.261 e. The lowest BCUT2D eigenvalue weighted by Gasteiger charge is -2.15. The third kappa shape index (κ3) is 4.96. The molecule has 0 aliphatic heterocycles. The number of rotatable bonds is 7.